The van der Waals surface area contributed by atoms with Crippen molar-refractivity contribution in [1.82, 2.24) is 15.5 Å². The number of hydrogen-bond acceptors (Lipinski definition) is 4. The summed E-state index contributed by atoms with van der Waals surface area (Å²) in [6.45, 7) is 3.18. The lowest BCUT2D eigenvalue weighted by Crippen LogP contribution is -2.48. The van der Waals surface area contributed by atoms with Crippen LogP contribution >= 0.6 is 0 Å². The van der Waals surface area contributed by atoms with E-state index in [9.17, 15) is 4.79 Å². The highest BCUT2D eigenvalue weighted by molar-refractivity contribution is 6.06. The number of nitrogens with zero attached hydrogens (tertiary/aromatic N) is 1. The Balaban J connectivity index is 1.57. The standard InChI is InChI=1S/C22H27N3O2/c26-21-19-20(23-18(24-21)15-25-10-12-27-13-11-25)17-7-3-2-6-16(17)14-22(19)8-4-1-5-9-22/h2-3,6-7,15,23H,1,4-5,8-14H2,(H,24,26)/b18-15-. The van der Waals surface area contributed by atoms with Gasteiger partial charge in [0.1, 0.15) is 5.82 Å². The van der Waals surface area contributed by atoms with Crippen molar-refractivity contribution in [3.8, 4) is 0 Å². The third-order valence-electron chi connectivity index (χ3n) is 6.50. The molecule has 1 amide bonds. The zero-order valence-corrected chi connectivity index (χ0v) is 15.7. The Morgan fingerprint density at radius 2 is 1.81 bits per heavy atom. The number of fused-ring (bicyclic) bond motifs is 3. The molecule has 2 fully saturated rings. The maximum absolute atomic E-state index is 13.3. The molecule has 0 aromatic heterocycles. The maximum atomic E-state index is 13.3. The number of ether oxygens (including phenoxy) is 1. The van der Waals surface area contributed by atoms with E-state index in [0.29, 0.717) is 0 Å². The zero-order chi connectivity index (χ0) is 18.3. The summed E-state index contributed by atoms with van der Waals surface area (Å²) in [4.78, 5) is 15.5. The van der Waals surface area contributed by atoms with E-state index in [-0.39, 0.29) is 11.3 Å². The highest BCUT2D eigenvalue weighted by atomic mass is 16.5. The average Bonchev–Trinajstić information content (AvgIpc) is 2.69. The fourth-order valence-electron chi connectivity index (χ4n) is 5.22. The van der Waals surface area contributed by atoms with Crippen LogP contribution in [0.1, 0.15) is 43.2 Å². The maximum Gasteiger partial charge on any atom is 0.255 e. The van der Waals surface area contributed by atoms with Crippen LogP contribution in [0.25, 0.3) is 5.70 Å². The van der Waals surface area contributed by atoms with Gasteiger partial charge in [-0.05, 0) is 24.8 Å². The van der Waals surface area contributed by atoms with Crippen LogP contribution in [0.3, 0.4) is 0 Å². The van der Waals surface area contributed by atoms with Crippen LogP contribution in [0.15, 0.2) is 41.9 Å². The second kappa shape index (κ2) is 6.71. The van der Waals surface area contributed by atoms with Crippen molar-refractivity contribution < 1.29 is 9.53 Å². The van der Waals surface area contributed by atoms with Crippen molar-refractivity contribution in [3.63, 3.8) is 0 Å². The lowest BCUT2D eigenvalue weighted by atomic mass is 9.61. The van der Waals surface area contributed by atoms with Crippen molar-refractivity contribution in [3.05, 3.63) is 53.0 Å². The van der Waals surface area contributed by atoms with E-state index < -0.39 is 0 Å². The van der Waals surface area contributed by atoms with E-state index in [1.165, 1.54) is 30.4 Å². The summed E-state index contributed by atoms with van der Waals surface area (Å²) >= 11 is 0. The molecular formula is C22H27N3O2. The number of nitrogens with one attached hydrogen (secondary N) is 2. The van der Waals surface area contributed by atoms with Gasteiger partial charge in [0.25, 0.3) is 5.91 Å². The van der Waals surface area contributed by atoms with Crippen LogP contribution in [0.4, 0.5) is 0 Å². The van der Waals surface area contributed by atoms with Crippen LogP contribution in [-0.2, 0) is 16.0 Å². The molecule has 0 unspecified atom stereocenters. The van der Waals surface area contributed by atoms with Crippen LogP contribution in [0.5, 0.6) is 0 Å². The van der Waals surface area contributed by atoms with Crippen LogP contribution in [0.2, 0.25) is 0 Å². The number of amides is 1. The molecular weight excluding hydrogens is 338 g/mol. The van der Waals surface area contributed by atoms with Crippen LogP contribution in [-0.4, -0.2) is 37.1 Å². The molecule has 0 atom stereocenters. The highest BCUT2D eigenvalue weighted by Gasteiger charge is 2.46. The second-order valence-electron chi connectivity index (χ2n) is 8.20. The number of carbonyl (C=O) groups excluding carboxylic acids is 1. The highest BCUT2D eigenvalue weighted by Crippen LogP contribution is 2.51. The first-order valence-electron chi connectivity index (χ1n) is 10.2. The Bertz CT molecular complexity index is 815. The van der Waals surface area contributed by atoms with Crippen molar-refractivity contribution in [2.24, 2.45) is 5.41 Å². The third kappa shape index (κ3) is 2.94. The predicted molar refractivity (Wildman–Crippen MR) is 104 cm³/mol. The SMILES string of the molecule is O=C1N/C(=C\N2CCOCC2)NC2=C1C1(CCCCC1)Cc1ccccc12. The van der Waals surface area contributed by atoms with E-state index in [1.807, 2.05) is 6.20 Å². The Hall–Kier alpha value is -2.27. The normalized spacial score (nSPS) is 25.7. The molecule has 2 aliphatic carbocycles. The van der Waals surface area contributed by atoms with Gasteiger partial charge in [0.15, 0.2) is 0 Å². The summed E-state index contributed by atoms with van der Waals surface area (Å²) in [5, 5.41) is 6.72. The molecule has 5 rings (SSSR count). The number of carbonyl (C=O) groups is 1. The molecule has 5 nitrogen and oxygen atoms in total. The number of morpholine rings is 1. The third-order valence-corrected chi connectivity index (χ3v) is 6.50. The molecule has 1 spiro atoms. The molecule has 2 heterocycles. The van der Waals surface area contributed by atoms with Gasteiger partial charge in [0, 0.05) is 35.8 Å². The van der Waals surface area contributed by atoms with Gasteiger partial charge in [0.2, 0.25) is 0 Å². The molecule has 0 radical (unpaired) electrons. The molecule has 5 heteroatoms. The molecule has 27 heavy (non-hydrogen) atoms. The first-order valence-corrected chi connectivity index (χ1v) is 10.2. The number of rotatable bonds is 1. The minimum atomic E-state index is -0.0104. The van der Waals surface area contributed by atoms with Crippen LogP contribution in [0, 0.1) is 5.41 Å². The van der Waals surface area contributed by atoms with E-state index in [2.05, 4.69) is 39.8 Å². The molecule has 2 aliphatic heterocycles. The molecule has 1 saturated carbocycles. The van der Waals surface area contributed by atoms with Gasteiger partial charge in [-0.3, -0.25) is 4.79 Å². The first kappa shape index (κ1) is 16.9. The average molecular weight is 365 g/mol. The summed E-state index contributed by atoms with van der Waals surface area (Å²) in [6.07, 6.45) is 8.94. The lowest BCUT2D eigenvalue weighted by Gasteiger charge is -2.45. The molecule has 1 aromatic carbocycles. The Morgan fingerprint density at radius 3 is 2.63 bits per heavy atom. The van der Waals surface area contributed by atoms with Gasteiger partial charge in [-0.2, -0.15) is 0 Å². The second-order valence-corrected chi connectivity index (χ2v) is 8.20. The minimum absolute atomic E-state index is 0.0104. The van der Waals surface area contributed by atoms with Gasteiger partial charge in [0.05, 0.1) is 18.9 Å². The minimum Gasteiger partial charge on any atom is -0.378 e. The van der Waals surface area contributed by atoms with E-state index in [0.717, 1.165) is 62.7 Å². The van der Waals surface area contributed by atoms with Gasteiger partial charge in [-0.15, -0.1) is 0 Å². The molecule has 0 bridgehead atoms. The summed E-state index contributed by atoms with van der Waals surface area (Å²) in [5.74, 6) is 0.864. The molecule has 1 aromatic rings. The summed E-state index contributed by atoms with van der Waals surface area (Å²) < 4.78 is 5.43. The van der Waals surface area contributed by atoms with E-state index in [4.69, 9.17) is 4.74 Å². The molecule has 1 saturated heterocycles. The quantitative estimate of drug-likeness (QED) is 0.804. The first-order chi connectivity index (χ1) is 13.3. The van der Waals surface area contributed by atoms with Gasteiger partial charge in [-0.1, -0.05) is 43.5 Å². The molecule has 4 aliphatic rings. The fourth-order valence-corrected chi connectivity index (χ4v) is 5.22. The number of benzene rings is 1. The van der Waals surface area contributed by atoms with Crippen molar-refractivity contribution in [1.29, 1.82) is 0 Å². The zero-order valence-electron chi connectivity index (χ0n) is 15.7. The van der Waals surface area contributed by atoms with Crippen molar-refractivity contribution in [2.45, 2.75) is 38.5 Å². The van der Waals surface area contributed by atoms with Gasteiger partial charge < -0.3 is 20.3 Å². The summed E-state index contributed by atoms with van der Waals surface area (Å²) in [5.41, 5.74) is 4.56. The molecule has 2 N–H and O–H groups in total. The largest absolute Gasteiger partial charge is 0.378 e. The van der Waals surface area contributed by atoms with Gasteiger partial charge in [-0.25, -0.2) is 0 Å². The monoisotopic (exact) mass is 365 g/mol. The van der Waals surface area contributed by atoms with E-state index in [1.54, 1.807) is 0 Å². The molecule has 142 valence electrons. The smallest absolute Gasteiger partial charge is 0.255 e. The summed E-state index contributed by atoms with van der Waals surface area (Å²) in [7, 11) is 0. The number of hydrogen-bond donors (Lipinski definition) is 2. The fraction of sp³-hybridized carbons (Fsp3) is 0.500. The Morgan fingerprint density at radius 1 is 1.04 bits per heavy atom. The van der Waals surface area contributed by atoms with Crippen molar-refractivity contribution in [2.75, 3.05) is 26.3 Å². The van der Waals surface area contributed by atoms with E-state index >= 15 is 0 Å². The predicted octanol–water partition coefficient (Wildman–Crippen LogP) is 2.75. The van der Waals surface area contributed by atoms with Crippen LogP contribution < -0.4 is 10.6 Å². The summed E-state index contributed by atoms with van der Waals surface area (Å²) in [6, 6.07) is 8.57. The lowest BCUT2D eigenvalue weighted by molar-refractivity contribution is -0.118. The Labute approximate surface area is 160 Å². The Kier molecular flexibility index (Phi) is 4.20. The van der Waals surface area contributed by atoms with Crippen molar-refractivity contribution >= 4 is 11.6 Å². The topological polar surface area (TPSA) is 53.6 Å². The van der Waals surface area contributed by atoms with Gasteiger partial charge >= 0.3 is 0 Å².